The Morgan fingerprint density at radius 2 is 2.50 bits per heavy atom. The summed E-state index contributed by atoms with van der Waals surface area (Å²) in [5, 5.41) is 0. The summed E-state index contributed by atoms with van der Waals surface area (Å²) in [6.45, 7) is 2.69. The number of rotatable bonds is 1. The molecule has 0 bridgehead atoms. The Bertz CT molecular complexity index is 76.8. The van der Waals surface area contributed by atoms with E-state index in [1.165, 1.54) is 0 Å². The third-order valence-electron chi connectivity index (χ3n) is 1.07. The van der Waals surface area contributed by atoms with Crippen LogP contribution in [-0.2, 0) is 9.47 Å². The molecule has 1 aliphatic rings. The molecule has 48 valence electrons. The van der Waals surface area contributed by atoms with Crippen LogP contribution in [0.2, 0.25) is 0 Å². The zero-order valence-corrected chi connectivity index (χ0v) is 6.92. The quantitative estimate of drug-likeness (QED) is 0.495. The fourth-order valence-electron chi connectivity index (χ4n) is 0.673. The van der Waals surface area contributed by atoms with Crippen LogP contribution in [0.25, 0.3) is 0 Å². The maximum absolute atomic E-state index is 5.28. The lowest BCUT2D eigenvalue weighted by molar-refractivity contribution is -0.0378. The van der Waals surface area contributed by atoms with Crippen molar-refractivity contribution in [1.82, 2.24) is 0 Å². The Morgan fingerprint density at radius 1 is 1.75 bits per heavy atom. The fourth-order valence-corrected chi connectivity index (χ4v) is 1.14. The molecule has 0 aromatic rings. The normalized spacial score (nSPS) is 38.2. The number of halogens is 1. The van der Waals surface area contributed by atoms with Crippen LogP contribution in [0.4, 0.5) is 0 Å². The number of ether oxygens (including phenoxy) is 2. The first kappa shape index (κ1) is 6.77. The van der Waals surface area contributed by atoms with Gasteiger partial charge in [-0.3, -0.25) is 0 Å². The highest BCUT2D eigenvalue weighted by Crippen LogP contribution is 2.11. The molecule has 0 radical (unpaired) electrons. The van der Waals surface area contributed by atoms with Gasteiger partial charge in [0.2, 0.25) is 0 Å². The van der Waals surface area contributed by atoms with Crippen LogP contribution >= 0.6 is 22.6 Å². The molecule has 0 aromatic carbocycles. The summed E-state index contributed by atoms with van der Waals surface area (Å²) in [6, 6.07) is 0. The summed E-state index contributed by atoms with van der Waals surface area (Å²) in [6.07, 6.45) is 0.361. The molecule has 1 aliphatic heterocycles. The Kier molecular flexibility index (Phi) is 2.52. The molecular weight excluding hydrogens is 219 g/mol. The van der Waals surface area contributed by atoms with Gasteiger partial charge in [-0.2, -0.15) is 0 Å². The van der Waals surface area contributed by atoms with Crippen LogP contribution in [0.1, 0.15) is 6.92 Å². The minimum atomic E-state index is 0.0229. The van der Waals surface area contributed by atoms with E-state index >= 15 is 0 Å². The molecule has 0 spiro atoms. The van der Waals surface area contributed by atoms with Crippen LogP contribution in [0.5, 0.6) is 0 Å². The minimum Gasteiger partial charge on any atom is -0.350 e. The van der Waals surface area contributed by atoms with Gasteiger partial charge in [0.05, 0.1) is 12.7 Å². The Labute approximate surface area is 62.7 Å². The van der Waals surface area contributed by atoms with Crippen molar-refractivity contribution in [2.45, 2.75) is 19.3 Å². The second-order valence-corrected chi connectivity index (χ2v) is 2.69. The van der Waals surface area contributed by atoms with Crippen LogP contribution in [0.15, 0.2) is 0 Å². The average Bonchev–Trinajstić information content (AvgIpc) is 2.14. The molecular formula is C5H9IO2. The van der Waals surface area contributed by atoms with Crippen molar-refractivity contribution in [3.05, 3.63) is 0 Å². The van der Waals surface area contributed by atoms with Gasteiger partial charge in [-0.15, -0.1) is 0 Å². The summed E-state index contributed by atoms with van der Waals surface area (Å²) in [5.41, 5.74) is 0. The van der Waals surface area contributed by atoms with E-state index in [0.717, 1.165) is 11.0 Å². The molecule has 0 aliphatic carbocycles. The number of hydrogen-bond acceptors (Lipinski definition) is 2. The zero-order chi connectivity index (χ0) is 5.98. The molecule has 1 fully saturated rings. The lowest BCUT2D eigenvalue weighted by Gasteiger charge is -2.01. The van der Waals surface area contributed by atoms with Crippen molar-refractivity contribution < 1.29 is 9.47 Å². The van der Waals surface area contributed by atoms with Gasteiger partial charge >= 0.3 is 0 Å². The second-order valence-electron chi connectivity index (χ2n) is 1.81. The smallest absolute Gasteiger partial charge is 0.155 e. The van der Waals surface area contributed by atoms with Crippen molar-refractivity contribution in [1.29, 1.82) is 0 Å². The Morgan fingerprint density at radius 3 is 2.75 bits per heavy atom. The van der Waals surface area contributed by atoms with Gasteiger partial charge in [0.25, 0.3) is 0 Å². The van der Waals surface area contributed by atoms with Crippen molar-refractivity contribution >= 4 is 22.6 Å². The maximum Gasteiger partial charge on any atom is 0.155 e. The molecule has 0 amide bonds. The van der Waals surface area contributed by atoms with E-state index in [1.807, 2.05) is 6.92 Å². The molecule has 1 rings (SSSR count). The minimum absolute atomic E-state index is 0.0229. The number of hydrogen-bond donors (Lipinski definition) is 0. The first-order valence-corrected chi connectivity index (χ1v) is 4.18. The van der Waals surface area contributed by atoms with E-state index in [0.29, 0.717) is 6.10 Å². The van der Waals surface area contributed by atoms with E-state index in [9.17, 15) is 0 Å². The SMILES string of the molecule is C[C@@H]1OC[C@H](CI)O1. The van der Waals surface area contributed by atoms with Gasteiger partial charge in [-0.1, -0.05) is 22.6 Å². The van der Waals surface area contributed by atoms with Crippen LogP contribution in [0.3, 0.4) is 0 Å². The standard InChI is InChI=1S/C5H9IO2/c1-4-7-3-5(2-6)8-4/h4-5H,2-3H2,1H3/t4-,5+/m1/s1. The molecule has 8 heavy (non-hydrogen) atoms. The highest BCUT2D eigenvalue weighted by atomic mass is 127. The molecule has 0 saturated carbocycles. The summed E-state index contributed by atoms with van der Waals surface area (Å²) in [4.78, 5) is 0. The molecule has 0 unspecified atom stereocenters. The van der Waals surface area contributed by atoms with Crippen molar-refractivity contribution in [3.63, 3.8) is 0 Å². The third kappa shape index (κ3) is 1.56. The van der Waals surface area contributed by atoms with Crippen LogP contribution < -0.4 is 0 Å². The molecule has 0 N–H and O–H groups in total. The number of alkyl halides is 1. The lowest BCUT2D eigenvalue weighted by atomic mass is 10.5. The molecule has 1 heterocycles. The zero-order valence-electron chi connectivity index (χ0n) is 4.76. The maximum atomic E-state index is 5.28. The van der Waals surface area contributed by atoms with E-state index in [4.69, 9.17) is 9.47 Å². The lowest BCUT2D eigenvalue weighted by Crippen LogP contribution is -2.11. The van der Waals surface area contributed by atoms with Crippen LogP contribution in [-0.4, -0.2) is 23.4 Å². The predicted molar refractivity (Wildman–Crippen MR) is 39.2 cm³/mol. The summed E-state index contributed by atoms with van der Waals surface area (Å²) < 4.78 is 11.4. The van der Waals surface area contributed by atoms with E-state index in [-0.39, 0.29) is 6.29 Å². The molecule has 3 heteroatoms. The van der Waals surface area contributed by atoms with Gasteiger partial charge in [0.1, 0.15) is 0 Å². The van der Waals surface area contributed by atoms with Gasteiger partial charge in [0.15, 0.2) is 6.29 Å². The van der Waals surface area contributed by atoms with Crippen molar-refractivity contribution in [2.24, 2.45) is 0 Å². The van der Waals surface area contributed by atoms with Crippen molar-refractivity contribution in [3.8, 4) is 0 Å². The summed E-state index contributed by atoms with van der Waals surface area (Å²) in [5.74, 6) is 0. The third-order valence-corrected chi connectivity index (χ3v) is 2.06. The molecule has 0 aromatic heterocycles. The van der Waals surface area contributed by atoms with Gasteiger partial charge in [-0.25, -0.2) is 0 Å². The Balaban J connectivity index is 2.22. The fraction of sp³-hybridized carbons (Fsp3) is 1.00. The highest BCUT2D eigenvalue weighted by Gasteiger charge is 2.20. The highest BCUT2D eigenvalue weighted by molar-refractivity contribution is 14.1. The second kappa shape index (κ2) is 2.98. The molecule has 2 atom stereocenters. The summed E-state index contributed by atoms with van der Waals surface area (Å²) in [7, 11) is 0. The monoisotopic (exact) mass is 228 g/mol. The van der Waals surface area contributed by atoms with E-state index in [1.54, 1.807) is 0 Å². The van der Waals surface area contributed by atoms with E-state index in [2.05, 4.69) is 22.6 Å². The Hall–Kier alpha value is 0.650. The predicted octanol–water partition coefficient (Wildman–Crippen LogP) is 1.18. The van der Waals surface area contributed by atoms with Crippen molar-refractivity contribution in [2.75, 3.05) is 11.0 Å². The first-order chi connectivity index (χ1) is 3.83. The van der Waals surface area contributed by atoms with E-state index < -0.39 is 0 Å². The summed E-state index contributed by atoms with van der Waals surface area (Å²) >= 11 is 2.29. The van der Waals surface area contributed by atoms with Crippen LogP contribution in [0, 0.1) is 0 Å². The average molecular weight is 228 g/mol. The largest absolute Gasteiger partial charge is 0.350 e. The molecule has 1 saturated heterocycles. The molecule has 2 nitrogen and oxygen atoms in total. The van der Waals surface area contributed by atoms with Gasteiger partial charge in [0, 0.05) is 4.43 Å². The van der Waals surface area contributed by atoms with Gasteiger partial charge < -0.3 is 9.47 Å². The topological polar surface area (TPSA) is 18.5 Å². The van der Waals surface area contributed by atoms with Gasteiger partial charge in [-0.05, 0) is 6.92 Å². The first-order valence-electron chi connectivity index (χ1n) is 2.66.